The van der Waals surface area contributed by atoms with Crippen molar-refractivity contribution in [2.75, 3.05) is 26.2 Å². The van der Waals surface area contributed by atoms with Crippen LogP contribution in [0, 0.1) is 0 Å². The maximum absolute atomic E-state index is 13.3. The predicted octanol–water partition coefficient (Wildman–Crippen LogP) is 2.65. The van der Waals surface area contributed by atoms with Gasteiger partial charge in [-0.2, -0.15) is 0 Å². The van der Waals surface area contributed by atoms with E-state index in [1.54, 1.807) is 50.6 Å². The van der Waals surface area contributed by atoms with Gasteiger partial charge in [0, 0.05) is 22.6 Å². The van der Waals surface area contributed by atoms with E-state index in [4.69, 9.17) is 14.2 Å². The number of ether oxygens (including phenoxy) is 3. The van der Waals surface area contributed by atoms with Gasteiger partial charge in [0.05, 0.1) is 19.9 Å². The van der Waals surface area contributed by atoms with Crippen LogP contribution in [0.5, 0.6) is 5.75 Å². The quantitative estimate of drug-likeness (QED) is 0.680. The number of carbonyl (C=O) groups is 2. The summed E-state index contributed by atoms with van der Waals surface area (Å²) in [4.78, 5) is 31.8. The van der Waals surface area contributed by atoms with Crippen molar-refractivity contribution in [3.05, 3.63) is 58.1 Å². The summed E-state index contributed by atoms with van der Waals surface area (Å²) in [7, 11) is 4.48. The molecule has 0 saturated carbocycles. The second kappa shape index (κ2) is 6.63. The van der Waals surface area contributed by atoms with E-state index in [2.05, 4.69) is 20.9 Å². The molecule has 4 rings (SSSR count). The molecule has 0 aromatic heterocycles. The van der Waals surface area contributed by atoms with Crippen molar-refractivity contribution in [1.82, 2.24) is 0 Å². The predicted molar refractivity (Wildman–Crippen MR) is 106 cm³/mol. The summed E-state index contributed by atoms with van der Waals surface area (Å²) in [5.74, 6) is -0.137. The number of rotatable bonds is 3. The van der Waals surface area contributed by atoms with Crippen LogP contribution in [0.1, 0.15) is 11.1 Å². The van der Waals surface area contributed by atoms with Crippen LogP contribution in [0.3, 0.4) is 0 Å². The zero-order valence-electron chi connectivity index (χ0n) is 15.4. The van der Waals surface area contributed by atoms with E-state index in [-0.39, 0.29) is 11.8 Å². The lowest BCUT2D eigenvalue weighted by Crippen LogP contribution is -2.50. The Morgan fingerprint density at radius 1 is 1.21 bits per heavy atom. The molecule has 0 unspecified atom stereocenters. The minimum atomic E-state index is -1.60. The van der Waals surface area contributed by atoms with Crippen molar-refractivity contribution in [3.8, 4) is 5.75 Å². The number of nitrogens with zero attached hydrogens (tertiary/aromatic N) is 2. The molecule has 1 spiro atoms. The van der Waals surface area contributed by atoms with Crippen LogP contribution in [0.4, 0.5) is 5.69 Å². The first-order valence-electron chi connectivity index (χ1n) is 8.49. The zero-order chi connectivity index (χ0) is 20.1. The van der Waals surface area contributed by atoms with Crippen molar-refractivity contribution in [2.45, 2.75) is 11.6 Å². The minimum absolute atomic E-state index is 0.202. The molecule has 2 aliphatic heterocycles. The number of halogens is 1. The van der Waals surface area contributed by atoms with E-state index in [1.807, 2.05) is 6.07 Å². The van der Waals surface area contributed by atoms with Gasteiger partial charge in [0.1, 0.15) is 5.75 Å². The second-order valence-corrected chi connectivity index (χ2v) is 7.37. The van der Waals surface area contributed by atoms with Crippen LogP contribution in [0.15, 0.2) is 51.9 Å². The molecule has 7 nitrogen and oxygen atoms in total. The van der Waals surface area contributed by atoms with Crippen LogP contribution in [-0.4, -0.2) is 45.1 Å². The number of methoxy groups -OCH3 is 2. The molecule has 1 amide bonds. The highest BCUT2D eigenvalue weighted by molar-refractivity contribution is 9.10. The smallest absolute Gasteiger partial charge is 0.335 e. The van der Waals surface area contributed by atoms with Crippen LogP contribution in [-0.2, 0) is 24.7 Å². The molecule has 2 aromatic carbocycles. The average molecular weight is 445 g/mol. The van der Waals surface area contributed by atoms with Crippen LogP contribution in [0.25, 0.3) is 0 Å². The van der Waals surface area contributed by atoms with Gasteiger partial charge in [0.2, 0.25) is 17.5 Å². The zero-order valence-corrected chi connectivity index (χ0v) is 17.0. The lowest BCUT2D eigenvalue weighted by atomic mass is 9.88. The summed E-state index contributed by atoms with van der Waals surface area (Å²) >= 11 is 3.43. The number of hydrogen-bond donors (Lipinski definition) is 0. The van der Waals surface area contributed by atoms with Crippen molar-refractivity contribution < 1.29 is 23.8 Å². The number of benzene rings is 2. The summed E-state index contributed by atoms with van der Waals surface area (Å²) in [6.07, 6.45) is 0. The van der Waals surface area contributed by atoms with Gasteiger partial charge in [-0.1, -0.05) is 15.9 Å². The number of aliphatic imine (C=N–C) groups is 1. The van der Waals surface area contributed by atoms with Gasteiger partial charge in [0.15, 0.2) is 0 Å². The number of amides is 1. The number of carbonyl (C=O) groups excluding carboxylic acids is 2. The average Bonchev–Trinajstić information content (AvgIpc) is 3.21. The Kier molecular flexibility index (Phi) is 4.38. The van der Waals surface area contributed by atoms with Crippen LogP contribution < -0.4 is 9.64 Å². The molecule has 0 bridgehead atoms. The van der Waals surface area contributed by atoms with Gasteiger partial charge >= 0.3 is 5.97 Å². The Labute approximate surface area is 170 Å². The maximum Gasteiger partial charge on any atom is 0.335 e. The Morgan fingerprint density at radius 3 is 2.57 bits per heavy atom. The van der Waals surface area contributed by atoms with Crippen LogP contribution >= 0.6 is 15.9 Å². The summed E-state index contributed by atoms with van der Waals surface area (Å²) in [5.41, 5.74) is 0.256. The van der Waals surface area contributed by atoms with Crippen LogP contribution in [0.2, 0.25) is 0 Å². The monoisotopic (exact) mass is 444 g/mol. The topological polar surface area (TPSA) is 77.4 Å². The van der Waals surface area contributed by atoms with Crippen molar-refractivity contribution >= 4 is 39.4 Å². The number of esters is 1. The Morgan fingerprint density at radius 2 is 1.93 bits per heavy atom. The van der Waals surface area contributed by atoms with E-state index >= 15 is 0 Å². The van der Waals surface area contributed by atoms with E-state index in [0.717, 1.165) is 4.47 Å². The highest BCUT2D eigenvalue weighted by Crippen LogP contribution is 2.49. The molecule has 0 N–H and O–H groups in total. The molecule has 8 heteroatoms. The fourth-order valence-electron chi connectivity index (χ4n) is 3.58. The molecular weight excluding hydrogens is 428 g/mol. The lowest BCUT2D eigenvalue weighted by Gasteiger charge is -2.26. The highest BCUT2D eigenvalue weighted by Gasteiger charge is 2.64. The van der Waals surface area contributed by atoms with Crippen molar-refractivity contribution in [3.63, 3.8) is 0 Å². The molecule has 28 heavy (non-hydrogen) atoms. The third kappa shape index (κ3) is 2.51. The fourth-order valence-corrected chi connectivity index (χ4v) is 3.94. The molecule has 2 aromatic rings. The van der Waals surface area contributed by atoms with E-state index in [1.165, 1.54) is 12.0 Å². The van der Waals surface area contributed by atoms with Gasteiger partial charge in [-0.3, -0.25) is 4.79 Å². The van der Waals surface area contributed by atoms with Gasteiger partial charge in [-0.25, -0.2) is 9.79 Å². The fraction of sp³-hybridized carbons (Fsp3) is 0.250. The van der Waals surface area contributed by atoms with E-state index < -0.39 is 17.6 Å². The second-order valence-electron chi connectivity index (χ2n) is 6.45. The number of hydrogen-bond acceptors (Lipinski definition) is 6. The third-order valence-corrected chi connectivity index (χ3v) is 5.49. The van der Waals surface area contributed by atoms with Gasteiger partial charge in [0.25, 0.3) is 5.91 Å². The number of likely N-dealkylation sites (N-methyl/N-ethyl adjacent to an activating group) is 1. The molecule has 144 valence electrons. The maximum atomic E-state index is 13.3. The molecule has 0 radical (unpaired) electrons. The summed E-state index contributed by atoms with van der Waals surface area (Å²) in [6.45, 7) is 0. The van der Waals surface area contributed by atoms with E-state index in [9.17, 15) is 9.59 Å². The van der Waals surface area contributed by atoms with Crippen molar-refractivity contribution in [1.29, 1.82) is 0 Å². The Balaban J connectivity index is 1.86. The molecule has 0 saturated heterocycles. The van der Waals surface area contributed by atoms with Gasteiger partial charge in [-0.05, 0) is 42.5 Å². The molecule has 2 aliphatic rings. The molecule has 2 atom stereocenters. The standard InChI is InChI=1S/C20H17BrN2O5/c1-23-15-9-6-12(21)10-14(15)20(19(23)25)16(18(24)27-3)22-17(28-20)11-4-7-13(26-2)8-5-11/h4-10,16H,1-3H3/t16-,20-/m0/s1. The third-order valence-electron chi connectivity index (χ3n) is 4.99. The SMILES string of the molecule is COC(=O)[C@@H]1N=C(c2ccc(OC)cc2)O[C@]12C(=O)N(C)c1ccc(Br)cc12. The molecular formula is C20H17BrN2O5. The Bertz CT molecular complexity index is 1000. The van der Waals surface area contributed by atoms with Gasteiger partial charge < -0.3 is 19.1 Å². The number of anilines is 1. The highest BCUT2D eigenvalue weighted by atomic mass is 79.9. The van der Waals surface area contributed by atoms with Crippen molar-refractivity contribution in [2.24, 2.45) is 4.99 Å². The minimum Gasteiger partial charge on any atom is -0.497 e. The van der Waals surface area contributed by atoms with E-state index in [0.29, 0.717) is 22.6 Å². The summed E-state index contributed by atoms with van der Waals surface area (Å²) in [6, 6.07) is 11.3. The summed E-state index contributed by atoms with van der Waals surface area (Å²) in [5, 5.41) is 0. The Hall–Kier alpha value is -2.87. The first-order valence-corrected chi connectivity index (χ1v) is 9.29. The lowest BCUT2D eigenvalue weighted by molar-refractivity contribution is -0.152. The molecule has 0 fully saturated rings. The number of fused-ring (bicyclic) bond motifs is 2. The van der Waals surface area contributed by atoms with Gasteiger partial charge in [-0.15, -0.1) is 0 Å². The first kappa shape index (κ1) is 18.5. The summed E-state index contributed by atoms with van der Waals surface area (Å²) < 4.78 is 17.0. The molecule has 0 aliphatic carbocycles. The normalized spacial score (nSPS) is 22.7. The first-order chi connectivity index (χ1) is 13.4. The molecule has 2 heterocycles. The largest absolute Gasteiger partial charge is 0.497 e.